The molecule has 1 amide bonds. The van der Waals surface area contributed by atoms with Gasteiger partial charge in [0.1, 0.15) is 18.2 Å². The van der Waals surface area contributed by atoms with Crippen LogP contribution < -0.4 is 10.1 Å². The first-order valence-electron chi connectivity index (χ1n) is 13.7. The van der Waals surface area contributed by atoms with Crippen LogP contribution in [0.5, 0.6) is 5.75 Å². The summed E-state index contributed by atoms with van der Waals surface area (Å²) >= 11 is 6.28. The summed E-state index contributed by atoms with van der Waals surface area (Å²) in [5, 5.41) is 4.08. The molecule has 0 radical (unpaired) electrons. The fourth-order valence-electron chi connectivity index (χ4n) is 4.35. The standard InChI is InChI=1S/C30H43ClN4O3/c1-7-14-35-28-17-25(31)11-12-27(28)33-29(35)19-34(18-21(2)3)30(36)24-9-8-10-26(16-24)38-20-23(6)32-13-15-37-22(4)5/h8-12,16-17,21-23,32H,7,13-15,18-20H2,1-6H3. The largest absolute Gasteiger partial charge is 0.492 e. The van der Waals surface area contributed by atoms with Crippen LogP contribution in [0.25, 0.3) is 11.0 Å². The van der Waals surface area contributed by atoms with Crippen molar-refractivity contribution in [3.05, 3.63) is 58.9 Å². The van der Waals surface area contributed by atoms with Gasteiger partial charge in [-0.2, -0.15) is 0 Å². The Balaban J connectivity index is 1.73. The van der Waals surface area contributed by atoms with Crippen molar-refractivity contribution < 1.29 is 14.3 Å². The van der Waals surface area contributed by atoms with E-state index >= 15 is 0 Å². The predicted octanol–water partition coefficient (Wildman–Crippen LogP) is 6.18. The maximum Gasteiger partial charge on any atom is 0.254 e. The molecule has 8 heteroatoms. The molecule has 1 heterocycles. The van der Waals surface area contributed by atoms with Crippen molar-refractivity contribution in [2.45, 2.75) is 73.2 Å². The van der Waals surface area contributed by atoms with Crippen molar-refractivity contribution >= 4 is 28.5 Å². The second kappa shape index (κ2) is 14.5. The monoisotopic (exact) mass is 542 g/mol. The van der Waals surface area contributed by atoms with E-state index in [0.29, 0.717) is 48.6 Å². The smallest absolute Gasteiger partial charge is 0.254 e. The minimum atomic E-state index is -0.0331. The van der Waals surface area contributed by atoms with Crippen LogP contribution in [0, 0.1) is 5.92 Å². The predicted molar refractivity (Wildman–Crippen MR) is 155 cm³/mol. The number of aryl methyl sites for hydroxylation is 1. The number of benzene rings is 2. The molecule has 3 rings (SSSR count). The Morgan fingerprint density at radius 2 is 1.92 bits per heavy atom. The lowest BCUT2D eigenvalue weighted by Crippen LogP contribution is -2.35. The van der Waals surface area contributed by atoms with Gasteiger partial charge in [0.15, 0.2) is 0 Å². The number of hydrogen-bond acceptors (Lipinski definition) is 5. The third-order valence-electron chi connectivity index (χ3n) is 6.07. The maximum atomic E-state index is 13.7. The summed E-state index contributed by atoms with van der Waals surface area (Å²) in [5.74, 6) is 1.82. The van der Waals surface area contributed by atoms with E-state index < -0.39 is 0 Å². The van der Waals surface area contributed by atoms with Crippen LogP contribution in [0.2, 0.25) is 5.02 Å². The van der Waals surface area contributed by atoms with E-state index in [-0.39, 0.29) is 18.1 Å². The molecule has 1 N–H and O–H groups in total. The zero-order valence-corrected chi connectivity index (χ0v) is 24.4. The molecule has 1 unspecified atom stereocenters. The van der Waals surface area contributed by atoms with E-state index in [1.165, 1.54) is 0 Å². The maximum absolute atomic E-state index is 13.7. The van der Waals surface area contributed by atoms with E-state index in [2.05, 4.69) is 37.6 Å². The molecular weight excluding hydrogens is 500 g/mol. The van der Waals surface area contributed by atoms with Crippen molar-refractivity contribution in [3.63, 3.8) is 0 Å². The lowest BCUT2D eigenvalue weighted by atomic mass is 10.1. The molecule has 0 spiro atoms. The zero-order valence-electron chi connectivity index (χ0n) is 23.7. The first kappa shape index (κ1) is 29.9. The van der Waals surface area contributed by atoms with Crippen molar-refractivity contribution in [3.8, 4) is 5.75 Å². The number of aromatic nitrogens is 2. The van der Waals surface area contributed by atoms with Gasteiger partial charge in [-0.25, -0.2) is 4.98 Å². The lowest BCUT2D eigenvalue weighted by Gasteiger charge is -2.25. The van der Waals surface area contributed by atoms with Crippen molar-refractivity contribution in [1.82, 2.24) is 19.8 Å². The molecule has 0 bridgehead atoms. The Morgan fingerprint density at radius 1 is 1.13 bits per heavy atom. The number of amides is 1. The number of fused-ring (bicyclic) bond motifs is 1. The van der Waals surface area contributed by atoms with Crippen LogP contribution >= 0.6 is 11.6 Å². The number of rotatable bonds is 15. The summed E-state index contributed by atoms with van der Waals surface area (Å²) in [4.78, 5) is 20.5. The molecule has 1 aromatic heterocycles. The first-order valence-corrected chi connectivity index (χ1v) is 14.1. The van der Waals surface area contributed by atoms with Gasteiger partial charge < -0.3 is 24.3 Å². The van der Waals surface area contributed by atoms with E-state index in [4.69, 9.17) is 26.1 Å². The van der Waals surface area contributed by atoms with Crippen LogP contribution in [0.1, 0.15) is 64.1 Å². The van der Waals surface area contributed by atoms with Gasteiger partial charge >= 0.3 is 0 Å². The lowest BCUT2D eigenvalue weighted by molar-refractivity contribution is 0.0715. The SMILES string of the molecule is CCCn1c(CN(CC(C)C)C(=O)c2cccc(OCC(C)NCCOC(C)C)c2)nc2ccc(Cl)cc21. The summed E-state index contributed by atoms with van der Waals surface area (Å²) in [5.41, 5.74) is 2.50. The Labute approximate surface area is 232 Å². The first-order chi connectivity index (χ1) is 18.2. The van der Waals surface area contributed by atoms with Gasteiger partial charge in [0.2, 0.25) is 0 Å². The van der Waals surface area contributed by atoms with E-state index in [9.17, 15) is 4.79 Å². The average Bonchev–Trinajstić information content (AvgIpc) is 3.20. The molecule has 38 heavy (non-hydrogen) atoms. The number of nitrogens with one attached hydrogen (secondary N) is 1. The Kier molecular flexibility index (Phi) is 11.4. The molecule has 0 aliphatic heterocycles. The van der Waals surface area contributed by atoms with Crippen LogP contribution in [-0.4, -0.2) is 58.8 Å². The van der Waals surface area contributed by atoms with Crippen molar-refractivity contribution in [1.29, 1.82) is 0 Å². The number of nitrogens with zero attached hydrogens (tertiary/aromatic N) is 3. The molecule has 1 atom stereocenters. The van der Waals surface area contributed by atoms with Crippen molar-refractivity contribution in [2.24, 2.45) is 5.92 Å². The van der Waals surface area contributed by atoms with Crippen LogP contribution in [0.4, 0.5) is 0 Å². The summed E-state index contributed by atoms with van der Waals surface area (Å²) in [6, 6.07) is 13.3. The number of halogens is 1. The highest BCUT2D eigenvalue weighted by molar-refractivity contribution is 6.31. The topological polar surface area (TPSA) is 68.6 Å². The van der Waals surface area contributed by atoms with E-state index in [1.54, 1.807) is 0 Å². The normalized spacial score (nSPS) is 12.4. The Bertz CT molecular complexity index is 1180. The fraction of sp³-hybridized carbons (Fsp3) is 0.533. The van der Waals surface area contributed by atoms with Gasteiger partial charge in [-0.05, 0) is 69.5 Å². The summed E-state index contributed by atoms with van der Waals surface area (Å²) in [6.07, 6.45) is 1.18. The molecule has 208 valence electrons. The molecule has 0 aliphatic rings. The number of ether oxygens (including phenoxy) is 2. The molecule has 7 nitrogen and oxygen atoms in total. The fourth-order valence-corrected chi connectivity index (χ4v) is 4.52. The quantitative estimate of drug-likeness (QED) is 0.232. The Morgan fingerprint density at radius 3 is 2.63 bits per heavy atom. The van der Waals surface area contributed by atoms with Crippen molar-refractivity contribution in [2.75, 3.05) is 26.3 Å². The average molecular weight is 543 g/mol. The molecular formula is C30H43ClN4O3. The van der Waals surface area contributed by atoms with Crippen LogP contribution in [0.3, 0.4) is 0 Å². The van der Waals surface area contributed by atoms with Crippen LogP contribution in [-0.2, 0) is 17.8 Å². The molecule has 0 saturated carbocycles. The second-order valence-electron chi connectivity index (χ2n) is 10.5. The zero-order chi connectivity index (χ0) is 27.7. The van der Waals surface area contributed by atoms with Gasteiger partial charge in [-0.3, -0.25) is 4.79 Å². The molecule has 0 aliphatic carbocycles. The number of carbonyl (C=O) groups is 1. The number of carbonyl (C=O) groups excluding carboxylic acids is 1. The number of hydrogen-bond donors (Lipinski definition) is 1. The molecule has 3 aromatic rings. The molecule has 0 saturated heterocycles. The van der Waals surface area contributed by atoms with E-state index in [0.717, 1.165) is 36.4 Å². The molecule has 0 fully saturated rings. The molecule has 2 aromatic carbocycles. The Hall–Kier alpha value is -2.61. The van der Waals surface area contributed by atoms with Gasteiger partial charge in [0.25, 0.3) is 5.91 Å². The van der Waals surface area contributed by atoms with Gasteiger partial charge in [0, 0.05) is 36.3 Å². The third-order valence-corrected chi connectivity index (χ3v) is 6.30. The highest BCUT2D eigenvalue weighted by Gasteiger charge is 2.21. The van der Waals surface area contributed by atoms with Gasteiger partial charge in [0.05, 0.1) is 30.3 Å². The van der Waals surface area contributed by atoms with Crippen LogP contribution in [0.15, 0.2) is 42.5 Å². The third kappa shape index (κ3) is 8.72. The minimum Gasteiger partial charge on any atom is -0.492 e. The van der Waals surface area contributed by atoms with Gasteiger partial charge in [-0.15, -0.1) is 0 Å². The summed E-state index contributed by atoms with van der Waals surface area (Å²) < 4.78 is 13.8. The highest BCUT2D eigenvalue weighted by Crippen LogP contribution is 2.23. The second-order valence-corrected chi connectivity index (χ2v) is 10.9. The van der Waals surface area contributed by atoms with Gasteiger partial charge in [-0.1, -0.05) is 38.4 Å². The highest BCUT2D eigenvalue weighted by atomic mass is 35.5. The minimum absolute atomic E-state index is 0.0331. The summed E-state index contributed by atoms with van der Waals surface area (Å²) in [6.45, 7) is 16.3. The summed E-state index contributed by atoms with van der Waals surface area (Å²) in [7, 11) is 0. The number of imidazole rings is 1. The van der Waals surface area contributed by atoms with E-state index in [1.807, 2.05) is 61.2 Å².